The molecule has 1 aromatic carbocycles. The number of aliphatic hydroxyl groups excluding tert-OH is 1. The highest BCUT2D eigenvalue weighted by Crippen LogP contribution is 2.25. The fraction of sp³-hybridized carbons (Fsp3) is 0.294. The Labute approximate surface area is 132 Å². The molecule has 1 heterocycles. The first-order chi connectivity index (χ1) is 11.0. The van der Waals surface area contributed by atoms with Gasteiger partial charge in [0.15, 0.2) is 11.6 Å². The Morgan fingerprint density at radius 1 is 1.35 bits per heavy atom. The Morgan fingerprint density at radius 3 is 2.78 bits per heavy atom. The Bertz CT molecular complexity index is 734. The second-order valence-electron chi connectivity index (χ2n) is 5.32. The minimum absolute atomic E-state index is 0.0394. The van der Waals surface area contributed by atoms with Crippen LogP contribution >= 0.6 is 0 Å². The first-order valence-electron chi connectivity index (χ1n) is 7.36. The summed E-state index contributed by atoms with van der Waals surface area (Å²) in [4.78, 5) is 16.7. The van der Waals surface area contributed by atoms with E-state index in [0.717, 1.165) is 6.42 Å². The lowest BCUT2D eigenvalue weighted by atomic mass is 10.0. The lowest BCUT2D eigenvalue weighted by Crippen LogP contribution is -2.08. The highest BCUT2D eigenvalue weighted by molar-refractivity contribution is 5.65. The molecule has 23 heavy (non-hydrogen) atoms. The van der Waals surface area contributed by atoms with Crippen LogP contribution in [0.3, 0.4) is 0 Å². The third kappa shape index (κ3) is 4.56. The minimum Gasteiger partial charge on any atom is -0.393 e. The monoisotopic (exact) mass is 320 g/mol. The van der Waals surface area contributed by atoms with E-state index >= 15 is 0 Å². The molecule has 0 spiro atoms. The maximum Gasteiger partial charge on any atom is 0.344 e. The third-order valence-corrected chi connectivity index (χ3v) is 3.39. The zero-order valence-electron chi connectivity index (χ0n) is 12.7. The summed E-state index contributed by atoms with van der Waals surface area (Å²) >= 11 is 0. The number of aromatic nitrogens is 2. The number of unbranched alkanes of at least 4 members (excludes halogenated alkanes) is 1. The van der Waals surface area contributed by atoms with Gasteiger partial charge in [-0.3, -0.25) is 0 Å². The average Bonchev–Trinajstić information content (AvgIpc) is 2.52. The summed E-state index contributed by atoms with van der Waals surface area (Å²) in [5.74, 6) is -1.93. The predicted octanol–water partition coefficient (Wildman–Crippen LogP) is 3.28. The number of nitrogens with one attached hydrogen (secondary N) is 1. The molecule has 2 aromatic rings. The van der Waals surface area contributed by atoms with Gasteiger partial charge >= 0.3 is 5.69 Å². The van der Waals surface area contributed by atoms with Crippen molar-refractivity contribution >= 4 is 6.08 Å². The van der Waals surface area contributed by atoms with Crippen LogP contribution in [-0.4, -0.2) is 21.2 Å². The highest BCUT2D eigenvalue weighted by atomic mass is 19.2. The van der Waals surface area contributed by atoms with Gasteiger partial charge in [-0.25, -0.2) is 18.6 Å². The molecule has 0 aliphatic carbocycles. The quantitative estimate of drug-likeness (QED) is 0.803. The van der Waals surface area contributed by atoms with Gasteiger partial charge in [-0.05, 0) is 26.2 Å². The molecule has 1 unspecified atom stereocenters. The Kier molecular flexibility index (Phi) is 5.76. The van der Waals surface area contributed by atoms with Gasteiger partial charge in [0.2, 0.25) is 0 Å². The maximum absolute atomic E-state index is 14.2. The summed E-state index contributed by atoms with van der Waals surface area (Å²) in [5, 5.41) is 9.14. The molecule has 6 heteroatoms. The summed E-state index contributed by atoms with van der Waals surface area (Å²) in [6, 6.07) is 2.92. The fourth-order valence-corrected chi connectivity index (χ4v) is 2.15. The molecule has 0 bridgehead atoms. The molecule has 0 aliphatic heterocycles. The van der Waals surface area contributed by atoms with Crippen molar-refractivity contribution in [3.8, 4) is 11.1 Å². The second-order valence-corrected chi connectivity index (χ2v) is 5.32. The van der Waals surface area contributed by atoms with E-state index in [-0.39, 0.29) is 17.2 Å². The van der Waals surface area contributed by atoms with Crippen LogP contribution in [0.25, 0.3) is 17.2 Å². The van der Waals surface area contributed by atoms with E-state index < -0.39 is 17.3 Å². The topological polar surface area (TPSA) is 66.0 Å². The van der Waals surface area contributed by atoms with Gasteiger partial charge in [-0.2, -0.15) is 0 Å². The smallest absolute Gasteiger partial charge is 0.344 e. The molecule has 122 valence electrons. The van der Waals surface area contributed by atoms with Crippen molar-refractivity contribution in [2.75, 3.05) is 0 Å². The lowest BCUT2D eigenvalue weighted by molar-refractivity contribution is 0.182. The van der Waals surface area contributed by atoms with Crippen molar-refractivity contribution in [3.05, 3.63) is 58.3 Å². The van der Waals surface area contributed by atoms with Crippen molar-refractivity contribution in [2.45, 2.75) is 32.3 Å². The summed E-state index contributed by atoms with van der Waals surface area (Å²) in [6.07, 6.45) is 7.52. The summed E-state index contributed by atoms with van der Waals surface area (Å²) < 4.78 is 28.3. The molecule has 1 atom stereocenters. The van der Waals surface area contributed by atoms with Crippen molar-refractivity contribution in [1.82, 2.24) is 9.97 Å². The zero-order valence-corrected chi connectivity index (χ0v) is 12.7. The molecule has 2 rings (SSSR count). The van der Waals surface area contributed by atoms with E-state index in [1.165, 1.54) is 30.6 Å². The molecule has 0 aliphatic rings. The van der Waals surface area contributed by atoms with Crippen LogP contribution in [0.15, 0.2) is 35.4 Å². The van der Waals surface area contributed by atoms with Crippen LogP contribution in [0.1, 0.15) is 31.7 Å². The minimum atomic E-state index is -0.982. The van der Waals surface area contributed by atoms with Gasteiger partial charge in [0.25, 0.3) is 0 Å². The molecular formula is C17H18F2N2O2. The van der Waals surface area contributed by atoms with Crippen molar-refractivity contribution in [2.24, 2.45) is 0 Å². The van der Waals surface area contributed by atoms with E-state index in [2.05, 4.69) is 9.97 Å². The number of benzene rings is 1. The summed E-state index contributed by atoms with van der Waals surface area (Å²) in [6.45, 7) is 1.71. The predicted molar refractivity (Wildman–Crippen MR) is 84.8 cm³/mol. The first-order valence-corrected chi connectivity index (χ1v) is 7.36. The van der Waals surface area contributed by atoms with Crippen LogP contribution in [0, 0.1) is 11.6 Å². The Hall–Kier alpha value is -2.34. The normalized spacial score (nSPS) is 12.7. The van der Waals surface area contributed by atoms with E-state index in [4.69, 9.17) is 5.11 Å². The number of hydrogen-bond acceptors (Lipinski definition) is 3. The highest BCUT2D eigenvalue weighted by Gasteiger charge is 2.13. The SMILES string of the molecule is CC(O)CCC/C=C/c1ccc(-c2cnc(=O)[nH]c2)c(F)c1F. The van der Waals surface area contributed by atoms with Crippen molar-refractivity contribution < 1.29 is 13.9 Å². The second kappa shape index (κ2) is 7.78. The van der Waals surface area contributed by atoms with Crippen LogP contribution < -0.4 is 5.69 Å². The zero-order chi connectivity index (χ0) is 16.8. The van der Waals surface area contributed by atoms with Crippen LogP contribution in [0.4, 0.5) is 8.78 Å². The van der Waals surface area contributed by atoms with Crippen molar-refractivity contribution in [3.63, 3.8) is 0 Å². The van der Waals surface area contributed by atoms with Crippen LogP contribution in [0.5, 0.6) is 0 Å². The maximum atomic E-state index is 14.2. The number of aromatic amines is 1. The number of allylic oxidation sites excluding steroid dienone is 1. The van der Waals surface area contributed by atoms with Crippen molar-refractivity contribution in [1.29, 1.82) is 0 Å². The number of nitrogens with zero attached hydrogens (tertiary/aromatic N) is 1. The number of hydrogen-bond donors (Lipinski definition) is 2. The number of rotatable bonds is 6. The molecular weight excluding hydrogens is 302 g/mol. The van der Waals surface area contributed by atoms with Gasteiger partial charge < -0.3 is 10.1 Å². The van der Waals surface area contributed by atoms with Gasteiger partial charge in [0, 0.05) is 29.1 Å². The van der Waals surface area contributed by atoms with E-state index in [1.807, 2.05) is 0 Å². The van der Waals surface area contributed by atoms with Gasteiger partial charge in [0.05, 0.1) is 6.10 Å². The van der Waals surface area contributed by atoms with E-state index in [1.54, 1.807) is 13.0 Å². The molecule has 0 saturated carbocycles. The number of H-pyrrole nitrogens is 1. The summed E-state index contributed by atoms with van der Waals surface area (Å²) in [5.41, 5.74) is -0.0574. The van der Waals surface area contributed by atoms with Gasteiger partial charge in [-0.15, -0.1) is 0 Å². The Morgan fingerprint density at radius 2 is 2.13 bits per heavy atom. The van der Waals surface area contributed by atoms with Gasteiger partial charge in [0.1, 0.15) is 0 Å². The van der Waals surface area contributed by atoms with Crippen LogP contribution in [-0.2, 0) is 0 Å². The third-order valence-electron chi connectivity index (χ3n) is 3.39. The van der Waals surface area contributed by atoms with Crippen LogP contribution in [0.2, 0.25) is 0 Å². The molecule has 1 aromatic heterocycles. The lowest BCUT2D eigenvalue weighted by Gasteiger charge is -2.06. The molecule has 4 nitrogen and oxygen atoms in total. The summed E-state index contributed by atoms with van der Waals surface area (Å²) in [7, 11) is 0. The number of aliphatic hydroxyl groups is 1. The fourth-order valence-electron chi connectivity index (χ4n) is 2.15. The molecule has 0 radical (unpaired) electrons. The Balaban J connectivity index is 2.15. The van der Waals surface area contributed by atoms with E-state index in [9.17, 15) is 13.6 Å². The standard InChI is InChI=1S/C17H18F2N2O2/c1-11(22)5-3-2-4-6-12-7-8-14(16(19)15(12)18)13-9-20-17(23)21-10-13/h4,6-11,22H,2-3,5H2,1H3,(H,20,21,23)/b6-4+. The molecule has 0 fully saturated rings. The van der Waals surface area contributed by atoms with Gasteiger partial charge in [-0.1, -0.05) is 24.3 Å². The average molecular weight is 320 g/mol. The largest absolute Gasteiger partial charge is 0.393 e. The molecule has 0 amide bonds. The first kappa shape index (κ1) is 17.0. The molecule has 2 N–H and O–H groups in total. The molecule has 0 saturated heterocycles. The number of halogens is 2. The van der Waals surface area contributed by atoms with E-state index in [0.29, 0.717) is 18.4 Å².